The Morgan fingerprint density at radius 1 is 1.39 bits per heavy atom. The van der Waals surface area contributed by atoms with Crippen molar-refractivity contribution < 1.29 is 4.42 Å². The fraction of sp³-hybridized carbons (Fsp3) is 0.500. The Morgan fingerprint density at radius 2 is 2.11 bits per heavy atom. The molecule has 1 atom stereocenters. The Kier molecular flexibility index (Phi) is 3.64. The van der Waals surface area contributed by atoms with Crippen molar-refractivity contribution in [3.05, 3.63) is 29.1 Å². The first-order valence-corrected chi connectivity index (χ1v) is 6.53. The van der Waals surface area contributed by atoms with Crippen LogP contribution < -0.4 is 5.73 Å². The van der Waals surface area contributed by atoms with Gasteiger partial charge in [-0.3, -0.25) is 0 Å². The molecule has 18 heavy (non-hydrogen) atoms. The zero-order valence-electron chi connectivity index (χ0n) is 11.0. The molecule has 3 nitrogen and oxygen atoms in total. The molecule has 0 saturated heterocycles. The summed E-state index contributed by atoms with van der Waals surface area (Å²) < 4.78 is 5.77. The van der Waals surface area contributed by atoms with Crippen molar-refractivity contribution in [2.24, 2.45) is 11.1 Å². The van der Waals surface area contributed by atoms with Gasteiger partial charge in [0.25, 0.3) is 0 Å². The SMILES string of the molecule is CC(C)(C)CC(CN)c1nc2ccc(Cl)cc2o1. The van der Waals surface area contributed by atoms with Crippen LogP contribution in [0.5, 0.6) is 0 Å². The highest BCUT2D eigenvalue weighted by atomic mass is 35.5. The van der Waals surface area contributed by atoms with Gasteiger partial charge in [-0.25, -0.2) is 4.98 Å². The standard InChI is InChI=1S/C14H19ClN2O/c1-14(2,3)7-9(8-16)13-17-11-5-4-10(15)6-12(11)18-13/h4-6,9H,7-8,16H2,1-3H3. The lowest BCUT2D eigenvalue weighted by atomic mass is 9.84. The van der Waals surface area contributed by atoms with Gasteiger partial charge in [0.05, 0.1) is 0 Å². The molecule has 0 radical (unpaired) electrons. The fourth-order valence-electron chi connectivity index (χ4n) is 2.10. The molecule has 0 amide bonds. The van der Waals surface area contributed by atoms with Crippen LogP contribution in [-0.4, -0.2) is 11.5 Å². The Balaban J connectivity index is 2.34. The zero-order chi connectivity index (χ0) is 13.3. The number of oxazole rings is 1. The van der Waals surface area contributed by atoms with Crippen LogP contribution in [0.2, 0.25) is 5.02 Å². The number of nitrogens with two attached hydrogens (primary N) is 1. The van der Waals surface area contributed by atoms with Gasteiger partial charge in [-0.05, 0) is 24.0 Å². The number of nitrogens with zero attached hydrogens (tertiary/aromatic N) is 1. The number of halogens is 1. The summed E-state index contributed by atoms with van der Waals surface area (Å²) in [7, 11) is 0. The summed E-state index contributed by atoms with van der Waals surface area (Å²) in [6, 6.07) is 5.48. The van der Waals surface area contributed by atoms with Gasteiger partial charge < -0.3 is 10.2 Å². The molecule has 1 aromatic carbocycles. The highest BCUT2D eigenvalue weighted by molar-refractivity contribution is 6.31. The second kappa shape index (κ2) is 4.90. The van der Waals surface area contributed by atoms with Crippen molar-refractivity contribution in [3.8, 4) is 0 Å². The van der Waals surface area contributed by atoms with Crippen molar-refractivity contribution in [2.45, 2.75) is 33.1 Å². The smallest absolute Gasteiger partial charge is 0.199 e. The quantitative estimate of drug-likeness (QED) is 0.915. The summed E-state index contributed by atoms with van der Waals surface area (Å²) in [5.41, 5.74) is 7.60. The molecule has 1 aromatic heterocycles. The van der Waals surface area contributed by atoms with E-state index in [-0.39, 0.29) is 11.3 Å². The monoisotopic (exact) mass is 266 g/mol. The molecule has 98 valence electrons. The normalized spacial score (nSPS) is 14.1. The second-order valence-electron chi connectivity index (χ2n) is 5.86. The van der Waals surface area contributed by atoms with Crippen molar-refractivity contribution in [3.63, 3.8) is 0 Å². The molecule has 0 saturated carbocycles. The van der Waals surface area contributed by atoms with Gasteiger partial charge in [0.1, 0.15) is 5.52 Å². The molecule has 0 fully saturated rings. The number of rotatable bonds is 3. The lowest BCUT2D eigenvalue weighted by Gasteiger charge is -2.22. The third kappa shape index (κ3) is 3.03. The number of hydrogen-bond acceptors (Lipinski definition) is 3. The molecule has 1 unspecified atom stereocenters. The maximum absolute atomic E-state index is 5.94. The van der Waals surface area contributed by atoms with Crippen molar-refractivity contribution in [1.82, 2.24) is 4.98 Å². The molecule has 0 spiro atoms. The van der Waals surface area contributed by atoms with Gasteiger partial charge in [0.2, 0.25) is 0 Å². The average molecular weight is 267 g/mol. The number of aromatic nitrogens is 1. The van der Waals surface area contributed by atoms with Gasteiger partial charge in [0, 0.05) is 23.6 Å². The van der Waals surface area contributed by atoms with E-state index in [4.69, 9.17) is 21.8 Å². The van der Waals surface area contributed by atoms with Crippen LogP contribution in [0.1, 0.15) is 39.0 Å². The number of hydrogen-bond donors (Lipinski definition) is 1. The molecule has 2 N–H and O–H groups in total. The highest BCUT2D eigenvalue weighted by Crippen LogP contribution is 2.32. The number of fused-ring (bicyclic) bond motifs is 1. The van der Waals surface area contributed by atoms with Gasteiger partial charge in [-0.1, -0.05) is 32.4 Å². The average Bonchev–Trinajstić information content (AvgIpc) is 2.67. The van der Waals surface area contributed by atoms with Crippen molar-refractivity contribution in [1.29, 1.82) is 0 Å². The van der Waals surface area contributed by atoms with Gasteiger partial charge in [0.15, 0.2) is 11.5 Å². The van der Waals surface area contributed by atoms with Crippen LogP contribution in [-0.2, 0) is 0 Å². The lowest BCUT2D eigenvalue weighted by Crippen LogP contribution is -2.19. The van der Waals surface area contributed by atoms with E-state index in [2.05, 4.69) is 25.8 Å². The maximum Gasteiger partial charge on any atom is 0.199 e. The summed E-state index contributed by atoms with van der Waals surface area (Å²) in [6.45, 7) is 7.11. The summed E-state index contributed by atoms with van der Waals surface area (Å²) in [6.07, 6.45) is 0.948. The molecule has 2 rings (SSSR count). The van der Waals surface area contributed by atoms with Crippen LogP contribution in [0, 0.1) is 5.41 Å². The van der Waals surface area contributed by atoms with E-state index in [0.717, 1.165) is 17.5 Å². The molecular weight excluding hydrogens is 248 g/mol. The second-order valence-corrected chi connectivity index (χ2v) is 6.30. The predicted molar refractivity (Wildman–Crippen MR) is 74.9 cm³/mol. The fourth-order valence-corrected chi connectivity index (χ4v) is 2.26. The third-order valence-corrected chi connectivity index (χ3v) is 3.09. The van der Waals surface area contributed by atoms with E-state index in [0.29, 0.717) is 17.5 Å². The molecule has 0 bridgehead atoms. The summed E-state index contributed by atoms with van der Waals surface area (Å²) >= 11 is 5.94. The molecule has 0 aliphatic rings. The minimum Gasteiger partial charge on any atom is -0.440 e. The van der Waals surface area contributed by atoms with E-state index in [9.17, 15) is 0 Å². The first-order chi connectivity index (χ1) is 8.39. The van der Waals surface area contributed by atoms with Crippen molar-refractivity contribution >= 4 is 22.7 Å². The molecule has 0 aliphatic heterocycles. The van der Waals surface area contributed by atoms with Crippen molar-refractivity contribution in [2.75, 3.05) is 6.54 Å². The van der Waals surface area contributed by atoms with E-state index in [1.54, 1.807) is 6.07 Å². The lowest BCUT2D eigenvalue weighted by molar-refractivity contribution is 0.314. The van der Waals surface area contributed by atoms with Gasteiger partial charge >= 0.3 is 0 Å². The number of benzene rings is 1. The Hall–Kier alpha value is -1.06. The summed E-state index contributed by atoms with van der Waals surface area (Å²) in [5.74, 6) is 0.862. The topological polar surface area (TPSA) is 52.0 Å². The third-order valence-electron chi connectivity index (χ3n) is 2.86. The molecule has 4 heteroatoms. The van der Waals surface area contributed by atoms with Gasteiger partial charge in [-0.15, -0.1) is 0 Å². The Morgan fingerprint density at radius 3 is 2.72 bits per heavy atom. The first-order valence-electron chi connectivity index (χ1n) is 6.15. The molecule has 1 heterocycles. The molecular formula is C14H19ClN2O. The van der Waals surface area contributed by atoms with E-state index in [1.807, 2.05) is 12.1 Å². The van der Waals surface area contributed by atoms with E-state index >= 15 is 0 Å². The summed E-state index contributed by atoms with van der Waals surface area (Å²) in [5, 5.41) is 0.658. The Labute approximate surface area is 112 Å². The van der Waals surface area contributed by atoms with E-state index < -0.39 is 0 Å². The first kappa shape index (κ1) is 13.4. The van der Waals surface area contributed by atoms with E-state index in [1.165, 1.54) is 0 Å². The minimum absolute atomic E-state index is 0.149. The van der Waals surface area contributed by atoms with Crippen LogP contribution in [0.4, 0.5) is 0 Å². The summed E-state index contributed by atoms with van der Waals surface area (Å²) in [4.78, 5) is 4.50. The molecule has 2 aromatic rings. The Bertz CT molecular complexity index is 542. The van der Waals surface area contributed by atoms with Crippen LogP contribution in [0.15, 0.2) is 22.6 Å². The highest BCUT2D eigenvalue weighted by Gasteiger charge is 2.23. The maximum atomic E-state index is 5.94. The minimum atomic E-state index is 0.149. The van der Waals surface area contributed by atoms with Gasteiger partial charge in [-0.2, -0.15) is 0 Å². The zero-order valence-corrected chi connectivity index (χ0v) is 11.8. The largest absolute Gasteiger partial charge is 0.440 e. The predicted octanol–water partition coefficient (Wildman–Crippen LogP) is 3.96. The molecule has 0 aliphatic carbocycles. The van der Waals surface area contributed by atoms with Crippen LogP contribution in [0.25, 0.3) is 11.1 Å². The van der Waals surface area contributed by atoms with Crippen LogP contribution >= 0.6 is 11.6 Å². The van der Waals surface area contributed by atoms with Crippen LogP contribution in [0.3, 0.4) is 0 Å².